The van der Waals surface area contributed by atoms with Crippen LogP contribution in [0, 0.1) is 25.2 Å². The normalized spacial score (nSPS) is 14.2. The van der Waals surface area contributed by atoms with E-state index >= 15 is 0 Å². The number of carbonyl (C=O) groups excluding carboxylic acids is 1. The molecule has 1 aliphatic heterocycles. The number of aromatic nitrogens is 1. The zero-order valence-corrected chi connectivity index (χ0v) is 14.4. The maximum atomic E-state index is 12.3. The van der Waals surface area contributed by atoms with Gasteiger partial charge in [-0.15, -0.1) is 0 Å². The van der Waals surface area contributed by atoms with Crippen LogP contribution in [0.1, 0.15) is 22.6 Å². The first-order valence-electron chi connectivity index (χ1n) is 8.30. The monoisotopic (exact) mass is 339 g/mol. The Balaban J connectivity index is 1.72. The van der Waals surface area contributed by atoms with Crippen molar-refractivity contribution in [2.24, 2.45) is 0 Å². The highest BCUT2D eigenvalue weighted by atomic mass is 16.5. The molecule has 1 aromatic heterocycles. The number of rotatable bonds is 4. The van der Waals surface area contributed by atoms with Crippen LogP contribution < -0.4 is 15.5 Å². The van der Waals surface area contributed by atoms with Gasteiger partial charge in [0.25, 0.3) is 0 Å². The standard InChI is InChI=1S/C18H21N5O2/c1-12-16(13(2)25-22-12)10-18(24)21-15-3-4-17(14(9-15)11-19)23-7-5-20-6-8-23/h3-4,9,20H,5-8,10H2,1-2H3,(H,21,24). The number of nitrogens with one attached hydrogen (secondary N) is 2. The first kappa shape index (κ1) is 17.0. The zero-order chi connectivity index (χ0) is 17.8. The molecule has 130 valence electrons. The number of piperazine rings is 1. The largest absolute Gasteiger partial charge is 0.368 e. The Bertz CT molecular complexity index is 796. The van der Waals surface area contributed by atoms with Crippen molar-refractivity contribution in [1.82, 2.24) is 10.5 Å². The molecule has 25 heavy (non-hydrogen) atoms. The smallest absolute Gasteiger partial charge is 0.229 e. The fourth-order valence-electron chi connectivity index (χ4n) is 3.00. The van der Waals surface area contributed by atoms with E-state index in [-0.39, 0.29) is 12.3 Å². The van der Waals surface area contributed by atoms with Crippen LogP contribution in [0.25, 0.3) is 0 Å². The Morgan fingerprint density at radius 3 is 2.80 bits per heavy atom. The van der Waals surface area contributed by atoms with Gasteiger partial charge in [0.1, 0.15) is 11.8 Å². The summed E-state index contributed by atoms with van der Waals surface area (Å²) in [6.45, 7) is 7.15. The second-order valence-electron chi connectivity index (χ2n) is 6.11. The number of nitrogens with zero attached hydrogens (tertiary/aromatic N) is 3. The average molecular weight is 339 g/mol. The lowest BCUT2D eigenvalue weighted by atomic mass is 10.1. The molecular weight excluding hydrogens is 318 g/mol. The van der Waals surface area contributed by atoms with Gasteiger partial charge in [-0.05, 0) is 32.0 Å². The van der Waals surface area contributed by atoms with E-state index < -0.39 is 0 Å². The summed E-state index contributed by atoms with van der Waals surface area (Å²) < 4.78 is 5.08. The lowest BCUT2D eigenvalue weighted by molar-refractivity contribution is -0.115. The molecule has 1 fully saturated rings. The summed E-state index contributed by atoms with van der Waals surface area (Å²) in [7, 11) is 0. The molecule has 0 radical (unpaired) electrons. The van der Waals surface area contributed by atoms with Crippen molar-refractivity contribution < 1.29 is 9.32 Å². The molecule has 0 saturated carbocycles. The maximum Gasteiger partial charge on any atom is 0.229 e. The van der Waals surface area contributed by atoms with Crippen LogP contribution >= 0.6 is 0 Å². The molecule has 0 bridgehead atoms. The summed E-state index contributed by atoms with van der Waals surface area (Å²) in [6, 6.07) is 7.69. The fourth-order valence-corrected chi connectivity index (χ4v) is 3.00. The molecule has 1 aromatic carbocycles. The first-order chi connectivity index (χ1) is 12.1. The summed E-state index contributed by atoms with van der Waals surface area (Å²) in [4.78, 5) is 14.5. The van der Waals surface area contributed by atoms with E-state index in [2.05, 4.69) is 26.8 Å². The molecule has 0 aliphatic carbocycles. The topological polar surface area (TPSA) is 94.2 Å². The molecule has 2 aromatic rings. The highest BCUT2D eigenvalue weighted by molar-refractivity contribution is 5.93. The number of hydrogen-bond donors (Lipinski definition) is 2. The van der Waals surface area contributed by atoms with E-state index in [1.165, 1.54) is 0 Å². The van der Waals surface area contributed by atoms with Gasteiger partial charge in [-0.2, -0.15) is 5.26 Å². The number of aryl methyl sites for hydroxylation is 2. The lowest BCUT2D eigenvalue weighted by Gasteiger charge is -2.30. The second-order valence-corrected chi connectivity index (χ2v) is 6.11. The van der Waals surface area contributed by atoms with Crippen LogP contribution in [-0.2, 0) is 11.2 Å². The van der Waals surface area contributed by atoms with E-state index in [1.54, 1.807) is 13.0 Å². The molecule has 7 nitrogen and oxygen atoms in total. The van der Waals surface area contributed by atoms with Gasteiger partial charge in [-0.25, -0.2) is 0 Å². The average Bonchev–Trinajstić information content (AvgIpc) is 2.94. The molecule has 0 spiro atoms. The molecule has 1 amide bonds. The van der Waals surface area contributed by atoms with Crippen molar-refractivity contribution in [3.05, 3.63) is 40.8 Å². The summed E-state index contributed by atoms with van der Waals surface area (Å²) >= 11 is 0. The van der Waals surface area contributed by atoms with E-state index in [0.29, 0.717) is 17.0 Å². The van der Waals surface area contributed by atoms with Gasteiger partial charge in [0.05, 0.1) is 23.4 Å². The Hall–Kier alpha value is -2.85. The number of carbonyl (C=O) groups is 1. The summed E-state index contributed by atoms with van der Waals surface area (Å²) in [6.07, 6.45) is 0.197. The quantitative estimate of drug-likeness (QED) is 0.881. The van der Waals surface area contributed by atoms with Gasteiger partial charge in [-0.1, -0.05) is 5.16 Å². The Labute approximate surface area is 146 Å². The minimum absolute atomic E-state index is 0.159. The molecule has 0 atom stereocenters. The molecule has 0 unspecified atom stereocenters. The molecule has 3 rings (SSSR count). The van der Waals surface area contributed by atoms with Gasteiger partial charge in [0.15, 0.2) is 0 Å². The van der Waals surface area contributed by atoms with Crippen LogP contribution in [0.15, 0.2) is 22.7 Å². The molecular formula is C18H21N5O2. The third-order valence-corrected chi connectivity index (χ3v) is 4.38. The van der Waals surface area contributed by atoms with Crippen molar-refractivity contribution >= 4 is 17.3 Å². The Morgan fingerprint density at radius 1 is 1.40 bits per heavy atom. The van der Waals surface area contributed by atoms with Crippen LogP contribution in [0.2, 0.25) is 0 Å². The summed E-state index contributed by atoms with van der Waals surface area (Å²) in [5, 5.41) is 19.5. The van der Waals surface area contributed by atoms with E-state index in [9.17, 15) is 10.1 Å². The van der Waals surface area contributed by atoms with Crippen LogP contribution in [0.3, 0.4) is 0 Å². The molecule has 1 saturated heterocycles. The highest BCUT2D eigenvalue weighted by Crippen LogP contribution is 2.24. The van der Waals surface area contributed by atoms with Crippen molar-refractivity contribution in [2.75, 3.05) is 36.4 Å². The van der Waals surface area contributed by atoms with Gasteiger partial charge in [0.2, 0.25) is 5.91 Å². The van der Waals surface area contributed by atoms with Gasteiger partial charge >= 0.3 is 0 Å². The van der Waals surface area contributed by atoms with Gasteiger partial charge in [0, 0.05) is 37.4 Å². The number of benzene rings is 1. The van der Waals surface area contributed by atoms with E-state index in [0.717, 1.165) is 43.1 Å². The molecule has 1 aliphatic rings. The molecule has 2 N–H and O–H groups in total. The second kappa shape index (κ2) is 7.36. The number of nitriles is 1. The molecule has 2 heterocycles. The van der Waals surface area contributed by atoms with Crippen LogP contribution in [0.5, 0.6) is 0 Å². The number of amides is 1. The predicted octanol–water partition coefficient (Wildman–Crippen LogP) is 1.75. The summed E-state index contributed by atoms with van der Waals surface area (Å²) in [5.41, 5.74) is 3.62. The molecule has 7 heteroatoms. The lowest BCUT2D eigenvalue weighted by Crippen LogP contribution is -2.43. The van der Waals surface area contributed by atoms with Crippen LogP contribution in [-0.4, -0.2) is 37.2 Å². The third kappa shape index (κ3) is 3.80. The highest BCUT2D eigenvalue weighted by Gasteiger charge is 2.16. The minimum Gasteiger partial charge on any atom is -0.368 e. The Morgan fingerprint density at radius 2 is 2.16 bits per heavy atom. The predicted molar refractivity (Wildman–Crippen MR) is 94.6 cm³/mol. The van der Waals surface area contributed by atoms with Gasteiger partial charge in [-0.3, -0.25) is 4.79 Å². The van der Waals surface area contributed by atoms with Crippen molar-refractivity contribution in [3.8, 4) is 6.07 Å². The van der Waals surface area contributed by atoms with E-state index in [4.69, 9.17) is 4.52 Å². The summed E-state index contributed by atoms with van der Waals surface area (Å²) in [5.74, 6) is 0.493. The maximum absolute atomic E-state index is 12.3. The third-order valence-electron chi connectivity index (χ3n) is 4.38. The van der Waals surface area contributed by atoms with Crippen molar-refractivity contribution in [1.29, 1.82) is 5.26 Å². The first-order valence-corrected chi connectivity index (χ1v) is 8.30. The number of anilines is 2. The minimum atomic E-state index is -0.159. The Kier molecular flexibility index (Phi) is 5.00. The zero-order valence-electron chi connectivity index (χ0n) is 14.4. The van der Waals surface area contributed by atoms with E-state index in [1.807, 2.05) is 19.1 Å². The number of hydrogen-bond acceptors (Lipinski definition) is 6. The fraction of sp³-hybridized carbons (Fsp3) is 0.389. The van der Waals surface area contributed by atoms with Crippen LogP contribution in [0.4, 0.5) is 11.4 Å². The van der Waals surface area contributed by atoms with Crippen molar-refractivity contribution in [3.63, 3.8) is 0 Å². The van der Waals surface area contributed by atoms with Gasteiger partial charge < -0.3 is 20.1 Å². The SMILES string of the molecule is Cc1noc(C)c1CC(=O)Nc1ccc(N2CCNCC2)c(C#N)c1. The van der Waals surface area contributed by atoms with Crippen molar-refractivity contribution in [2.45, 2.75) is 20.3 Å².